The lowest BCUT2D eigenvalue weighted by Crippen LogP contribution is -2.33. The summed E-state index contributed by atoms with van der Waals surface area (Å²) in [6.45, 7) is 0. The van der Waals surface area contributed by atoms with E-state index in [2.05, 4.69) is 182 Å². The van der Waals surface area contributed by atoms with E-state index in [-0.39, 0.29) is 0 Å². The van der Waals surface area contributed by atoms with Crippen LogP contribution in [0.5, 0.6) is 0 Å². The van der Waals surface area contributed by atoms with Gasteiger partial charge in [0.2, 0.25) is 0 Å². The summed E-state index contributed by atoms with van der Waals surface area (Å²) in [6.07, 6.45) is 0. The van der Waals surface area contributed by atoms with Crippen LogP contribution < -0.4 is 0 Å². The van der Waals surface area contributed by atoms with Gasteiger partial charge < -0.3 is 0 Å². The lowest BCUT2D eigenvalue weighted by molar-refractivity contribution is 0.750. The molecule has 0 bridgehead atoms. The zero-order valence-corrected chi connectivity index (χ0v) is 25.8. The maximum Gasteiger partial charge on any atom is 0.0713 e. The third kappa shape index (κ3) is 3.59. The van der Waals surface area contributed by atoms with Gasteiger partial charge in [0.15, 0.2) is 0 Å². The fourth-order valence-electron chi connectivity index (χ4n) is 8.60. The Balaban J connectivity index is 1.46. The minimum atomic E-state index is -0.473. The quantitative estimate of drug-likeness (QED) is 0.178. The van der Waals surface area contributed by atoms with Crippen molar-refractivity contribution in [1.29, 1.82) is 0 Å². The molecular weight excluding hydrogens is 565 g/mol. The average Bonchev–Trinajstić information content (AvgIpc) is 3.16. The van der Waals surface area contributed by atoms with Crippen molar-refractivity contribution < 1.29 is 0 Å². The van der Waals surface area contributed by atoms with Crippen molar-refractivity contribution in [2.45, 2.75) is 5.41 Å². The molecule has 0 saturated carbocycles. The van der Waals surface area contributed by atoms with E-state index in [0.717, 1.165) is 0 Å². The van der Waals surface area contributed by atoms with E-state index in [9.17, 15) is 0 Å². The third-order valence-corrected chi connectivity index (χ3v) is 10.5. The molecule has 0 atom stereocenters. The Labute approximate surface area is 274 Å². The number of hydrogen-bond donors (Lipinski definition) is 0. The van der Waals surface area contributed by atoms with Gasteiger partial charge in [-0.15, -0.1) is 0 Å². The first-order chi connectivity index (χ1) is 23.3. The van der Waals surface area contributed by atoms with Crippen LogP contribution in [0.25, 0.3) is 65.7 Å². The first-order valence-corrected chi connectivity index (χ1v) is 16.4. The molecule has 0 nitrogen and oxygen atoms in total. The van der Waals surface area contributed by atoms with Crippen molar-refractivity contribution in [2.75, 3.05) is 0 Å². The SMILES string of the molecule is c1ccc(-c2cc(-c3ccccc3)c3cc4c5c(ccc6ccc2c3c65)C(c2ccccc2)(c2ccccc2)c2ccccc2-4)cc1. The second-order valence-corrected chi connectivity index (χ2v) is 12.8. The predicted octanol–water partition coefficient (Wildman–Crippen LogP) is 12.3. The Morgan fingerprint density at radius 1 is 0.298 bits per heavy atom. The van der Waals surface area contributed by atoms with E-state index >= 15 is 0 Å². The molecule has 9 aromatic carbocycles. The summed E-state index contributed by atoms with van der Waals surface area (Å²) >= 11 is 0. The van der Waals surface area contributed by atoms with E-state index in [4.69, 9.17) is 0 Å². The molecule has 1 aliphatic rings. The minimum absolute atomic E-state index is 0.473. The lowest BCUT2D eigenvalue weighted by Gasteiger charge is -2.42. The van der Waals surface area contributed by atoms with Crippen LogP contribution in [0.2, 0.25) is 0 Å². The molecule has 0 N–H and O–H groups in total. The summed E-state index contributed by atoms with van der Waals surface area (Å²) in [5, 5.41) is 7.94. The molecule has 0 amide bonds. The first-order valence-electron chi connectivity index (χ1n) is 16.4. The van der Waals surface area contributed by atoms with E-state index in [1.54, 1.807) is 0 Å². The van der Waals surface area contributed by atoms with Gasteiger partial charge in [0, 0.05) is 0 Å². The summed E-state index contributed by atoms with van der Waals surface area (Å²) in [4.78, 5) is 0. The highest BCUT2D eigenvalue weighted by Crippen LogP contribution is 2.58. The van der Waals surface area contributed by atoms with Crippen molar-refractivity contribution in [1.82, 2.24) is 0 Å². The Kier molecular flexibility index (Phi) is 5.59. The molecule has 0 aromatic heterocycles. The molecule has 0 fully saturated rings. The van der Waals surface area contributed by atoms with Gasteiger partial charge in [-0.3, -0.25) is 0 Å². The van der Waals surface area contributed by atoms with Gasteiger partial charge in [-0.1, -0.05) is 170 Å². The standard InChI is InChI=1S/C47H30/c1-5-15-31(16-6-1)38-29-39(32-17-7-2-8-18-32)41-30-40-36-23-13-14-24-42(36)47(34-19-9-3-10-20-34,35-21-11-4-12-22-35)43-28-26-33-25-27-37(38)45(41)44(33)46(40)43/h1-30H. The van der Waals surface area contributed by atoms with Gasteiger partial charge in [-0.05, 0) is 100 Å². The van der Waals surface area contributed by atoms with Crippen molar-refractivity contribution in [2.24, 2.45) is 0 Å². The van der Waals surface area contributed by atoms with E-state index in [1.807, 2.05) is 0 Å². The highest BCUT2D eigenvalue weighted by Gasteiger charge is 2.44. The van der Waals surface area contributed by atoms with Gasteiger partial charge in [0.05, 0.1) is 5.41 Å². The molecule has 0 heteroatoms. The van der Waals surface area contributed by atoms with Crippen LogP contribution in [-0.4, -0.2) is 0 Å². The van der Waals surface area contributed by atoms with Crippen molar-refractivity contribution >= 4 is 32.3 Å². The van der Waals surface area contributed by atoms with Crippen LogP contribution in [-0.2, 0) is 5.41 Å². The van der Waals surface area contributed by atoms with E-state index in [1.165, 1.54) is 88.0 Å². The van der Waals surface area contributed by atoms with Crippen molar-refractivity contribution in [3.8, 4) is 33.4 Å². The maximum absolute atomic E-state index is 2.50. The van der Waals surface area contributed by atoms with Crippen LogP contribution in [0.1, 0.15) is 22.3 Å². The normalized spacial score (nSPS) is 13.3. The molecule has 10 rings (SSSR count). The molecule has 0 heterocycles. The van der Waals surface area contributed by atoms with Crippen LogP contribution in [0.3, 0.4) is 0 Å². The summed E-state index contributed by atoms with van der Waals surface area (Å²) in [5.74, 6) is 0. The predicted molar refractivity (Wildman–Crippen MR) is 198 cm³/mol. The molecule has 0 aliphatic heterocycles. The molecule has 0 radical (unpaired) electrons. The fourth-order valence-corrected chi connectivity index (χ4v) is 8.60. The Bertz CT molecular complexity index is 2540. The molecule has 47 heavy (non-hydrogen) atoms. The summed E-state index contributed by atoms with van der Waals surface area (Å²) in [5.41, 5.74) is 12.4. The van der Waals surface area contributed by atoms with Crippen molar-refractivity contribution in [3.63, 3.8) is 0 Å². The fraction of sp³-hybridized carbons (Fsp3) is 0.0213. The summed E-state index contributed by atoms with van der Waals surface area (Å²) in [6, 6.07) is 67.6. The van der Waals surface area contributed by atoms with Crippen molar-refractivity contribution in [3.05, 3.63) is 204 Å². The number of benzene rings is 9. The molecule has 0 saturated heterocycles. The Morgan fingerprint density at radius 2 is 0.830 bits per heavy atom. The minimum Gasteiger partial charge on any atom is -0.0622 e. The molecule has 9 aromatic rings. The van der Waals surface area contributed by atoms with Crippen LogP contribution >= 0.6 is 0 Å². The Hall–Kier alpha value is -5.98. The summed E-state index contributed by atoms with van der Waals surface area (Å²) < 4.78 is 0. The second-order valence-electron chi connectivity index (χ2n) is 12.8. The zero-order chi connectivity index (χ0) is 31.0. The van der Waals surface area contributed by atoms with Gasteiger partial charge in [0.1, 0.15) is 0 Å². The monoisotopic (exact) mass is 594 g/mol. The smallest absolute Gasteiger partial charge is 0.0622 e. The highest BCUT2D eigenvalue weighted by molar-refractivity contribution is 6.32. The van der Waals surface area contributed by atoms with Gasteiger partial charge in [-0.2, -0.15) is 0 Å². The zero-order valence-electron chi connectivity index (χ0n) is 25.8. The largest absolute Gasteiger partial charge is 0.0713 e. The highest BCUT2D eigenvalue weighted by atomic mass is 14.5. The third-order valence-electron chi connectivity index (χ3n) is 10.5. The number of rotatable bonds is 4. The van der Waals surface area contributed by atoms with Gasteiger partial charge >= 0.3 is 0 Å². The maximum atomic E-state index is 2.50. The lowest BCUT2D eigenvalue weighted by atomic mass is 9.59. The topological polar surface area (TPSA) is 0 Å². The van der Waals surface area contributed by atoms with Crippen LogP contribution in [0.4, 0.5) is 0 Å². The van der Waals surface area contributed by atoms with Gasteiger partial charge in [-0.25, -0.2) is 0 Å². The molecule has 218 valence electrons. The first kappa shape index (κ1) is 26.3. The molecule has 0 unspecified atom stereocenters. The molecule has 1 aliphatic carbocycles. The van der Waals surface area contributed by atoms with E-state index in [0.29, 0.717) is 0 Å². The number of hydrogen-bond acceptors (Lipinski definition) is 0. The average molecular weight is 595 g/mol. The Morgan fingerprint density at radius 3 is 1.47 bits per heavy atom. The van der Waals surface area contributed by atoms with E-state index < -0.39 is 5.41 Å². The number of fused-ring (bicyclic) bond motifs is 2. The molecular formula is C47H30. The second kappa shape index (κ2) is 10.0. The summed E-state index contributed by atoms with van der Waals surface area (Å²) in [7, 11) is 0. The van der Waals surface area contributed by atoms with Gasteiger partial charge in [0.25, 0.3) is 0 Å². The van der Waals surface area contributed by atoms with Crippen LogP contribution in [0, 0.1) is 0 Å². The molecule has 0 spiro atoms. The van der Waals surface area contributed by atoms with Crippen LogP contribution in [0.15, 0.2) is 182 Å².